The summed E-state index contributed by atoms with van der Waals surface area (Å²) in [5.41, 5.74) is 1.43. The van der Waals surface area contributed by atoms with Gasteiger partial charge in [-0.1, -0.05) is 43.0 Å². The Balaban J connectivity index is 1.58. The van der Waals surface area contributed by atoms with E-state index in [1.807, 2.05) is 36.4 Å². The Hall–Kier alpha value is -3.20. The van der Waals surface area contributed by atoms with Crippen molar-refractivity contribution in [2.75, 3.05) is 5.75 Å². The number of hydrogen-bond donors (Lipinski definition) is 1. The van der Waals surface area contributed by atoms with Crippen LogP contribution < -0.4 is 10.9 Å². The van der Waals surface area contributed by atoms with Crippen molar-refractivity contribution in [2.45, 2.75) is 38.0 Å². The number of halogens is 1. The summed E-state index contributed by atoms with van der Waals surface area (Å²) in [6.45, 7) is 4.38. The third kappa shape index (κ3) is 4.18. The molecule has 7 nitrogen and oxygen atoms in total. The van der Waals surface area contributed by atoms with Crippen molar-refractivity contribution >= 4 is 34.3 Å². The molecule has 1 N–H and O–H groups in total. The summed E-state index contributed by atoms with van der Waals surface area (Å²) in [5.74, 6) is 0.108. The van der Waals surface area contributed by atoms with Crippen LogP contribution >= 0.6 is 11.8 Å². The summed E-state index contributed by atoms with van der Waals surface area (Å²) in [7, 11) is 0. The number of aryl methyl sites for hydroxylation is 1. The molecule has 31 heavy (non-hydrogen) atoms. The molecule has 4 rings (SSSR count). The van der Waals surface area contributed by atoms with Crippen LogP contribution in [0.5, 0.6) is 0 Å². The Bertz CT molecular complexity index is 1300. The van der Waals surface area contributed by atoms with Crippen molar-refractivity contribution in [3.63, 3.8) is 0 Å². The lowest BCUT2D eigenvalue weighted by molar-refractivity contribution is -0.119. The fourth-order valence-corrected chi connectivity index (χ4v) is 4.25. The Morgan fingerprint density at radius 2 is 1.90 bits per heavy atom. The van der Waals surface area contributed by atoms with Gasteiger partial charge in [0.1, 0.15) is 5.82 Å². The molecular formula is C22H22FN5O2S. The van der Waals surface area contributed by atoms with Crippen molar-refractivity contribution in [1.82, 2.24) is 24.5 Å². The highest BCUT2D eigenvalue weighted by Gasteiger charge is 2.18. The molecule has 2 heterocycles. The molecule has 1 amide bonds. The smallest absolute Gasteiger partial charge is 0.262 e. The third-order valence-corrected chi connectivity index (χ3v) is 5.93. The maximum Gasteiger partial charge on any atom is 0.262 e. The quantitative estimate of drug-likeness (QED) is 0.445. The molecule has 160 valence electrons. The molecule has 9 heteroatoms. The SMILES string of the molecule is CCCn1c(=O)c2ccccc2n2c(SCC(=O)NC(C)c3ccc(F)cc3)nnc12. The molecule has 2 aromatic heterocycles. The molecular weight excluding hydrogens is 417 g/mol. The van der Waals surface area contributed by atoms with Crippen molar-refractivity contribution in [1.29, 1.82) is 0 Å². The summed E-state index contributed by atoms with van der Waals surface area (Å²) in [5, 5.41) is 12.5. The molecule has 0 aliphatic rings. The second-order valence-electron chi connectivity index (χ2n) is 7.22. The molecule has 0 aliphatic heterocycles. The van der Waals surface area contributed by atoms with Gasteiger partial charge < -0.3 is 5.32 Å². The van der Waals surface area contributed by atoms with E-state index < -0.39 is 0 Å². The maximum atomic E-state index is 13.1. The predicted molar refractivity (Wildman–Crippen MR) is 119 cm³/mol. The fourth-order valence-electron chi connectivity index (χ4n) is 3.50. The van der Waals surface area contributed by atoms with Gasteiger partial charge in [0.2, 0.25) is 11.7 Å². The van der Waals surface area contributed by atoms with Crippen LogP contribution in [0.25, 0.3) is 16.7 Å². The second-order valence-corrected chi connectivity index (χ2v) is 8.16. The molecule has 0 saturated carbocycles. The van der Waals surface area contributed by atoms with Gasteiger partial charge in [-0.15, -0.1) is 10.2 Å². The monoisotopic (exact) mass is 439 g/mol. The molecule has 1 unspecified atom stereocenters. The van der Waals surface area contributed by atoms with Gasteiger partial charge in [-0.25, -0.2) is 4.39 Å². The maximum absolute atomic E-state index is 13.1. The van der Waals surface area contributed by atoms with E-state index in [4.69, 9.17) is 0 Å². The molecule has 1 atom stereocenters. The van der Waals surface area contributed by atoms with Crippen molar-refractivity contribution in [2.24, 2.45) is 0 Å². The molecule has 0 bridgehead atoms. The lowest BCUT2D eigenvalue weighted by atomic mass is 10.1. The normalized spacial score (nSPS) is 12.4. The van der Waals surface area contributed by atoms with E-state index in [1.165, 1.54) is 23.9 Å². The number of carbonyl (C=O) groups is 1. The Kier molecular flexibility index (Phi) is 6.03. The molecule has 0 aliphatic carbocycles. The van der Waals surface area contributed by atoms with Gasteiger partial charge in [-0.2, -0.15) is 0 Å². The first kappa shape index (κ1) is 21.0. The van der Waals surface area contributed by atoms with Crippen LogP contribution in [0.2, 0.25) is 0 Å². The van der Waals surface area contributed by atoms with Crippen LogP contribution in [0.4, 0.5) is 4.39 Å². The van der Waals surface area contributed by atoms with E-state index in [-0.39, 0.29) is 29.1 Å². The summed E-state index contributed by atoms with van der Waals surface area (Å²) in [6.07, 6.45) is 0.785. The summed E-state index contributed by atoms with van der Waals surface area (Å²) < 4.78 is 16.6. The molecule has 4 aromatic rings. The van der Waals surface area contributed by atoms with Crippen LogP contribution in [0.3, 0.4) is 0 Å². The average molecular weight is 440 g/mol. The number of benzene rings is 2. The minimum absolute atomic E-state index is 0.0974. The molecule has 0 radical (unpaired) electrons. The number of para-hydroxylation sites is 1. The molecule has 0 fully saturated rings. The average Bonchev–Trinajstić information content (AvgIpc) is 3.19. The van der Waals surface area contributed by atoms with E-state index in [1.54, 1.807) is 22.8 Å². The first-order valence-electron chi connectivity index (χ1n) is 10.0. The highest BCUT2D eigenvalue weighted by atomic mass is 32.2. The van der Waals surface area contributed by atoms with E-state index >= 15 is 0 Å². The molecule has 0 spiro atoms. The topological polar surface area (TPSA) is 81.3 Å². The lowest BCUT2D eigenvalue weighted by Gasteiger charge is -2.14. The Morgan fingerprint density at radius 1 is 1.16 bits per heavy atom. The number of nitrogens with one attached hydrogen (secondary N) is 1. The van der Waals surface area contributed by atoms with Crippen LogP contribution in [-0.2, 0) is 11.3 Å². The number of thioether (sulfide) groups is 1. The molecule has 2 aromatic carbocycles. The van der Waals surface area contributed by atoms with Crippen LogP contribution in [0, 0.1) is 5.82 Å². The number of rotatable bonds is 7. The summed E-state index contributed by atoms with van der Waals surface area (Å²) >= 11 is 1.25. The van der Waals surface area contributed by atoms with Crippen molar-refractivity contribution in [3.8, 4) is 0 Å². The predicted octanol–water partition coefficient (Wildman–Crippen LogP) is 3.56. The Morgan fingerprint density at radius 3 is 2.65 bits per heavy atom. The molecule has 0 saturated heterocycles. The van der Waals surface area contributed by atoms with E-state index in [9.17, 15) is 14.0 Å². The number of amides is 1. The highest BCUT2D eigenvalue weighted by Crippen LogP contribution is 2.22. The Labute approximate surface area is 182 Å². The number of hydrogen-bond acceptors (Lipinski definition) is 5. The zero-order chi connectivity index (χ0) is 22.0. The van der Waals surface area contributed by atoms with Gasteiger partial charge in [0.15, 0.2) is 5.16 Å². The minimum atomic E-state index is -0.315. The van der Waals surface area contributed by atoms with Crippen molar-refractivity contribution in [3.05, 3.63) is 70.3 Å². The van der Waals surface area contributed by atoms with Gasteiger partial charge in [-0.05, 0) is 43.2 Å². The van der Waals surface area contributed by atoms with E-state index in [0.717, 1.165) is 12.0 Å². The van der Waals surface area contributed by atoms with Gasteiger partial charge >= 0.3 is 0 Å². The highest BCUT2D eigenvalue weighted by molar-refractivity contribution is 7.99. The zero-order valence-electron chi connectivity index (χ0n) is 17.2. The first-order chi connectivity index (χ1) is 15.0. The van der Waals surface area contributed by atoms with Crippen LogP contribution in [0.15, 0.2) is 58.5 Å². The standard InChI is InChI=1S/C22H22FN5O2S/c1-3-12-27-20(30)17-6-4-5-7-18(17)28-21(27)25-26-22(28)31-13-19(29)24-14(2)15-8-10-16(23)11-9-15/h4-11,14H,3,12-13H2,1-2H3,(H,24,29). The first-order valence-corrected chi connectivity index (χ1v) is 11.0. The summed E-state index contributed by atoms with van der Waals surface area (Å²) in [4.78, 5) is 25.4. The van der Waals surface area contributed by atoms with Gasteiger partial charge in [-0.3, -0.25) is 18.6 Å². The minimum Gasteiger partial charge on any atom is -0.349 e. The van der Waals surface area contributed by atoms with Crippen LogP contribution in [-0.4, -0.2) is 30.8 Å². The van der Waals surface area contributed by atoms with Gasteiger partial charge in [0.25, 0.3) is 5.56 Å². The number of nitrogens with zero attached hydrogens (tertiary/aromatic N) is 4. The fraction of sp³-hybridized carbons (Fsp3) is 0.273. The number of carbonyl (C=O) groups excluding carboxylic acids is 1. The lowest BCUT2D eigenvalue weighted by Crippen LogP contribution is -2.28. The number of aromatic nitrogens is 4. The van der Waals surface area contributed by atoms with Gasteiger partial charge in [0, 0.05) is 6.54 Å². The van der Waals surface area contributed by atoms with E-state index in [0.29, 0.717) is 28.4 Å². The zero-order valence-corrected chi connectivity index (χ0v) is 18.0. The number of fused-ring (bicyclic) bond motifs is 3. The van der Waals surface area contributed by atoms with E-state index in [2.05, 4.69) is 15.5 Å². The van der Waals surface area contributed by atoms with Crippen LogP contribution in [0.1, 0.15) is 31.9 Å². The summed E-state index contributed by atoms with van der Waals surface area (Å²) in [6, 6.07) is 13.1. The van der Waals surface area contributed by atoms with Crippen molar-refractivity contribution < 1.29 is 9.18 Å². The second kappa shape index (κ2) is 8.89. The largest absolute Gasteiger partial charge is 0.349 e. The third-order valence-electron chi connectivity index (χ3n) is 5.01. The van der Waals surface area contributed by atoms with Gasteiger partial charge in [0.05, 0.1) is 22.7 Å².